The summed E-state index contributed by atoms with van der Waals surface area (Å²) >= 11 is 0. The van der Waals surface area contributed by atoms with E-state index in [9.17, 15) is 0 Å². The van der Waals surface area contributed by atoms with E-state index in [1.807, 2.05) is 0 Å². The fraction of sp³-hybridized carbons (Fsp3) is 0.222. The third-order valence-electron chi connectivity index (χ3n) is 3.65. The summed E-state index contributed by atoms with van der Waals surface area (Å²) in [7, 11) is 0. The van der Waals surface area contributed by atoms with E-state index in [2.05, 4.69) is 72.6 Å². The van der Waals surface area contributed by atoms with Crippen molar-refractivity contribution in [3.8, 4) is 11.1 Å². The highest BCUT2D eigenvalue weighted by atomic mass is 15.1. The fourth-order valence-corrected chi connectivity index (χ4v) is 2.56. The van der Waals surface area contributed by atoms with Gasteiger partial charge in [0.15, 0.2) is 0 Å². The van der Waals surface area contributed by atoms with Gasteiger partial charge in [-0.2, -0.15) is 0 Å². The number of benzene rings is 2. The van der Waals surface area contributed by atoms with E-state index < -0.39 is 0 Å². The van der Waals surface area contributed by atoms with Crippen LogP contribution in [0.5, 0.6) is 0 Å². The molecular formula is C18H19N. The summed E-state index contributed by atoms with van der Waals surface area (Å²) in [5.41, 5.74) is 5.37. The number of hydrogen-bond acceptors (Lipinski definition) is 1. The Balaban J connectivity index is 1.92. The average Bonchev–Trinajstić information content (AvgIpc) is 2.93. The summed E-state index contributed by atoms with van der Waals surface area (Å²) in [6, 6.07) is 17.5. The van der Waals surface area contributed by atoms with Crippen LogP contribution in [0.1, 0.15) is 17.5 Å². The average molecular weight is 249 g/mol. The van der Waals surface area contributed by atoms with Crippen LogP contribution in [0.3, 0.4) is 0 Å². The predicted octanol–water partition coefficient (Wildman–Crippen LogP) is 4.38. The van der Waals surface area contributed by atoms with Crippen molar-refractivity contribution in [1.29, 1.82) is 0 Å². The molecule has 0 spiro atoms. The lowest BCUT2D eigenvalue weighted by molar-refractivity contribution is 0.401. The summed E-state index contributed by atoms with van der Waals surface area (Å²) in [5, 5.41) is 0. The summed E-state index contributed by atoms with van der Waals surface area (Å²) in [4.78, 5) is 2.38. The lowest BCUT2D eigenvalue weighted by Gasteiger charge is -2.18. The van der Waals surface area contributed by atoms with Gasteiger partial charge < -0.3 is 4.90 Å². The maximum atomic E-state index is 2.38. The van der Waals surface area contributed by atoms with Gasteiger partial charge in [-0.1, -0.05) is 60.2 Å². The van der Waals surface area contributed by atoms with E-state index in [-0.39, 0.29) is 0 Å². The van der Waals surface area contributed by atoms with Gasteiger partial charge in [-0.05, 0) is 36.2 Å². The number of aryl methyl sites for hydroxylation is 1. The quantitative estimate of drug-likeness (QED) is 0.780. The molecule has 1 aliphatic rings. The number of hydrogen-bond donors (Lipinski definition) is 0. The van der Waals surface area contributed by atoms with Gasteiger partial charge in [0.1, 0.15) is 0 Å². The topological polar surface area (TPSA) is 3.24 Å². The normalized spacial score (nSPS) is 14.1. The summed E-state index contributed by atoms with van der Waals surface area (Å²) in [5.74, 6) is 0. The molecule has 0 saturated carbocycles. The molecule has 0 amide bonds. The molecule has 1 nitrogen and oxygen atoms in total. The highest BCUT2D eigenvalue weighted by Crippen LogP contribution is 2.25. The minimum absolute atomic E-state index is 1.00. The molecule has 2 aromatic rings. The maximum absolute atomic E-state index is 2.38. The van der Waals surface area contributed by atoms with Crippen molar-refractivity contribution in [2.45, 2.75) is 19.9 Å². The van der Waals surface area contributed by atoms with Crippen molar-refractivity contribution in [2.75, 3.05) is 6.54 Å². The Labute approximate surface area is 115 Å². The largest absolute Gasteiger partial charge is 0.373 e. The second kappa shape index (κ2) is 5.31. The molecule has 0 radical (unpaired) electrons. The van der Waals surface area contributed by atoms with Crippen LogP contribution in [0, 0.1) is 6.92 Å². The predicted molar refractivity (Wildman–Crippen MR) is 80.8 cm³/mol. The SMILES string of the molecule is Cc1ccc(-c2ccccc2CN2C=CCC2)cc1. The van der Waals surface area contributed by atoms with Crippen molar-refractivity contribution in [3.63, 3.8) is 0 Å². The van der Waals surface area contributed by atoms with Crippen LogP contribution in [-0.4, -0.2) is 11.4 Å². The molecule has 96 valence electrons. The van der Waals surface area contributed by atoms with E-state index in [0.29, 0.717) is 0 Å². The van der Waals surface area contributed by atoms with Gasteiger partial charge in [-0.3, -0.25) is 0 Å². The molecule has 1 aliphatic heterocycles. The Morgan fingerprint density at radius 2 is 1.79 bits per heavy atom. The molecule has 19 heavy (non-hydrogen) atoms. The van der Waals surface area contributed by atoms with Crippen molar-refractivity contribution in [1.82, 2.24) is 4.90 Å². The van der Waals surface area contributed by atoms with Gasteiger partial charge in [0.25, 0.3) is 0 Å². The lowest BCUT2D eigenvalue weighted by Crippen LogP contribution is -2.14. The first-order valence-electron chi connectivity index (χ1n) is 6.88. The second-order valence-electron chi connectivity index (χ2n) is 5.17. The Bertz CT molecular complexity index is 581. The molecular weight excluding hydrogens is 230 g/mol. The minimum Gasteiger partial charge on any atom is -0.373 e. The Kier molecular flexibility index (Phi) is 3.37. The van der Waals surface area contributed by atoms with E-state index in [4.69, 9.17) is 0 Å². The third kappa shape index (κ3) is 2.70. The summed E-state index contributed by atoms with van der Waals surface area (Å²) in [6.45, 7) is 4.27. The van der Waals surface area contributed by atoms with E-state index >= 15 is 0 Å². The monoisotopic (exact) mass is 249 g/mol. The first-order chi connectivity index (χ1) is 9.33. The van der Waals surface area contributed by atoms with Gasteiger partial charge in [0.05, 0.1) is 0 Å². The molecule has 1 heterocycles. The van der Waals surface area contributed by atoms with Gasteiger partial charge in [-0.15, -0.1) is 0 Å². The Morgan fingerprint density at radius 1 is 1.00 bits per heavy atom. The number of rotatable bonds is 3. The molecule has 3 rings (SSSR count). The molecule has 0 fully saturated rings. The zero-order valence-electron chi connectivity index (χ0n) is 11.3. The van der Waals surface area contributed by atoms with Crippen LogP contribution < -0.4 is 0 Å². The molecule has 0 bridgehead atoms. The molecule has 0 aliphatic carbocycles. The van der Waals surface area contributed by atoms with Crippen LogP contribution in [0.25, 0.3) is 11.1 Å². The van der Waals surface area contributed by atoms with E-state index in [1.54, 1.807) is 0 Å². The van der Waals surface area contributed by atoms with Crippen molar-refractivity contribution >= 4 is 0 Å². The first-order valence-corrected chi connectivity index (χ1v) is 6.88. The van der Waals surface area contributed by atoms with E-state index in [0.717, 1.165) is 13.1 Å². The molecule has 1 heteroatoms. The molecule has 0 aromatic heterocycles. The Morgan fingerprint density at radius 3 is 2.53 bits per heavy atom. The van der Waals surface area contributed by atoms with Crippen LogP contribution in [-0.2, 0) is 6.54 Å². The zero-order chi connectivity index (χ0) is 13.1. The fourth-order valence-electron chi connectivity index (χ4n) is 2.56. The number of nitrogens with zero attached hydrogens (tertiary/aromatic N) is 1. The zero-order valence-corrected chi connectivity index (χ0v) is 11.3. The van der Waals surface area contributed by atoms with Gasteiger partial charge >= 0.3 is 0 Å². The van der Waals surface area contributed by atoms with Crippen LogP contribution >= 0.6 is 0 Å². The highest BCUT2D eigenvalue weighted by molar-refractivity contribution is 5.67. The van der Waals surface area contributed by atoms with Crippen molar-refractivity contribution < 1.29 is 0 Å². The summed E-state index contributed by atoms with van der Waals surface area (Å²) in [6.07, 6.45) is 5.63. The molecule has 0 saturated heterocycles. The minimum atomic E-state index is 1.00. The Hall–Kier alpha value is -2.02. The van der Waals surface area contributed by atoms with Gasteiger partial charge in [0.2, 0.25) is 0 Å². The van der Waals surface area contributed by atoms with Crippen LogP contribution in [0.15, 0.2) is 60.8 Å². The third-order valence-corrected chi connectivity index (χ3v) is 3.65. The van der Waals surface area contributed by atoms with Crippen LogP contribution in [0.2, 0.25) is 0 Å². The van der Waals surface area contributed by atoms with E-state index in [1.165, 1.54) is 28.7 Å². The standard InChI is InChI=1S/C18H19N/c1-15-8-10-16(11-9-15)18-7-3-2-6-17(18)14-19-12-4-5-13-19/h2-4,6-12H,5,13-14H2,1H3. The first kappa shape index (κ1) is 12.0. The summed E-state index contributed by atoms with van der Waals surface area (Å²) < 4.78 is 0. The van der Waals surface area contributed by atoms with Crippen molar-refractivity contribution in [2.24, 2.45) is 0 Å². The van der Waals surface area contributed by atoms with Gasteiger partial charge in [0, 0.05) is 13.1 Å². The highest BCUT2D eigenvalue weighted by Gasteiger charge is 2.09. The second-order valence-corrected chi connectivity index (χ2v) is 5.17. The maximum Gasteiger partial charge on any atom is 0.0430 e. The van der Waals surface area contributed by atoms with Crippen LogP contribution in [0.4, 0.5) is 0 Å². The van der Waals surface area contributed by atoms with Crippen molar-refractivity contribution in [3.05, 3.63) is 71.9 Å². The smallest absolute Gasteiger partial charge is 0.0430 e. The molecule has 0 atom stereocenters. The lowest BCUT2D eigenvalue weighted by atomic mass is 9.98. The van der Waals surface area contributed by atoms with Gasteiger partial charge in [-0.25, -0.2) is 0 Å². The molecule has 2 aromatic carbocycles. The molecule has 0 N–H and O–H groups in total. The molecule has 0 unspecified atom stereocenters.